The molecule has 1 aromatic rings. The van der Waals surface area contributed by atoms with E-state index >= 15 is 0 Å². The Morgan fingerprint density at radius 3 is 1.43 bits per heavy atom. The molecule has 0 fully saturated rings. The molecule has 0 unspecified atom stereocenters. The van der Waals surface area contributed by atoms with Gasteiger partial charge < -0.3 is 0 Å². The summed E-state index contributed by atoms with van der Waals surface area (Å²) in [5.74, 6) is 13.2. The molecule has 154 valence electrons. The maximum atomic E-state index is 3.35. The first-order valence-corrected chi connectivity index (χ1v) is 11.9. The molecule has 0 aliphatic rings. The van der Waals surface area contributed by atoms with E-state index in [0.29, 0.717) is 0 Å². The highest BCUT2D eigenvalue weighted by Crippen LogP contribution is 2.12. The van der Waals surface area contributed by atoms with Crippen molar-refractivity contribution in [2.75, 3.05) is 0 Å². The van der Waals surface area contributed by atoms with Crippen LogP contribution >= 0.6 is 0 Å². The lowest BCUT2D eigenvalue weighted by Crippen LogP contribution is -1.82. The van der Waals surface area contributed by atoms with E-state index in [0.717, 1.165) is 24.8 Å². The third-order valence-corrected chi connectivity index (χ3v) is 5.14. The van der Waals surface area contributed by atoms with Crippen molar-refractivity contribution < 1.29 is 0 Å². The Kier molecular flexibility index (Phi) is 17.5. The summed E-state index contributed by atoms with van der Waals surface area (Å²) in [5, 5.41) is 0. The van der Waals surface area contributed by atoms with Gasteiger partial charge >= 0.3 is 0 Å². The van der Waals surface area contributed by atoms with Crippen LogP contribution in [0.15, 0.2) is 30.3 Å². The molecule has 0 saturated heterocycles. The number of benzene rings is 1. The number of hydrogen-bond acceptors (Lipinski definition) is 0. The highest BCUT2D eigenvalue weighted by molar-refractivity contribution is 5.33. The van der Waals surface area contributed by atoms with Crippen molar-refractivity contribution in [1.82, 2.24) is 0 Å². The molecule has 0 spiro atoms. The fourth-order valence-electron chi connectivity index (χ4n) is 3.34. The predicted octanol–water partition coefficient (Wildman–Crippen LogP) is 8.69. The van der Waals surface area contributed by atoms with E-state index in [1.54, 1.807) is 0 Å². The zero-order chi connectivity index (χ0) is 20.0. The quantitative estimate of drug-likeness (QED) is 0.211. The van der Waals surface area contributed by atoms with E-state index in [1.165, 1.54) is 89.9 Å². The fraction of sp³-hybridized carbons (Fsp3) is 0.643. The van der Waals surface area contributed by atoms with Crippen molar-refractivity contribution >= 4 is 0 Å². The Hall–Kier alpha value is -1.66. The van der Waals surface area contributed by atoms with Gasteiger partial charge in [0.1, 0.15) is 0 Å². The van der Waals surface area contributed by atoms with Crippen LogP contribution in [0.1, 0.15) is 122 Å². The van der Waals surface area contributed by atoms with Gasteiger partial charge in [0.25, 0.3) is 0 Å². The summed E-state index contributed by atoms with van der Waals surface area (Å²) >= 11 is 0. The molecule has 1 rings (SSSR count). The lowest BCUT2D eigenvalue weighted by Gasteiger charge is -2.01. The van der Waals surface area contributed by atoms with E-state index in [1.807, 2.05) is 6.07 Å². The van der Waals surface area contributed by atoms with Crippen molar-refractivity contribution in [2.24, 2.45) is 0 Å². The molecule has 28 heavy (non-hydrogen) atoms. The van der Waals surface area contributed by atoms with Crippen LogP contribution < -0.4 is 0 Å². The van der Waals surface area contributed by atoms with E-state index < -0.39 is 0 Å². The second-order valence-electron chi connectivity index (χ2n) is 7.87. The van der Waals surface area contributed by atoms with Crippen molar-refractivity contribution in [3.63, 3.8) is 0 Å². The van der Waals surface area contributed by atoms with Crippen LogP contribution in [-0.2, 0) is 0 Å². The van der Waals surface area contributed by atoms with Crippen LogP contribution in [0.25, 0.3) is 0 Å². The van der Waals surface area contributed by atoms with Crippen LogP contribution in [0, 0.1) is 23.7 Å². The third-order valence-electron chi connectivity index (χ3n) is 5.14. The van der Waals surface area contributed by atoms with Crippen molar-refractivity contribution in [2.45, 2.75) is 116 Å². The van der Waals surface area contributed by atoms with E-state index in [9.17, 15) is 0 Å². The maximum absolute atomic E-state index is 3.35. The van der Waals surface area contributed by atoms with Crippen LogP contribution in [0.5, 0.6) is 0 Å². The largest absolute Gasteiger partial charge is 0.103 e. The Labute approximate surface area is 175 Å². The highest BCUT2D eigenvalue weighted by Gasteiger charge is 1.93. The molecular weight excluding hydrogens is 336 g/mol. The Morgan fingerprint density at radius 2 is 0.929 bits per heavy atom. The molecule has 0 aliphatic heterocycles. The van der Waals surface area contributed by atoms with Gasteiger partial charge in [0.05, 0.1) is 0 Å². The Morgan fingerprint density at radius 1 is 0.500 bits per heavy atom. The Balaban J connectivity index is 1.76. The van der Waals surface area contributed by atoms with Crippen molar-refractivity contribution in [3.8, 4) is 23.7 Å². The SMILES string of the molecule is CCCCCCC#CCCCCCCCCCCCCC#Cc1ccccc1. The first-order chi connectivity index (χ1) is 13.9. The minimum absolute atomic E-state index is 1.04. The minimum Gasteiger partial charge on any atom is -0.103 e. The molecule has 0 aliphatic carbocycles. The van der Waals surface area contributed by atoms with Gasteiger partial charge in [-0.1, -0.05) is 108 Å². The standard InChI is InChI=1S/C28H42/c1-2-3-4-5-6-7-8-9-10-11-12-13-14-15-16-17-18-19-20-22-25-28-26-23-21-24-27-28/h21,23-24,26-27H,2-6,9-20H2,1H3. The van der Waals surface area contributed by atoms with Crippen molar-refractivity contribution in [1.29, 1.82) is 0 Å². The summed E-state index contributed by atoms with van der Waals surface area (Å²) in [5.41, 5.74) is 1.14. The zero-order valence-electron chi connectivity index (χ0n) is 18.4. The molecule has 0 aromatic heterocycles. The molecule has 0 bridgehead atoms. The Bertz CT molecular complexity index is 561. The summed E-state index contributed by atoms with van der Waals surface area (Å²) in [6.45, 7) is 2.26. The van der Waals surface area contributed by atoms with Gasteiger partial charge in [-0.05, 0) is 31.4 Å². The summed E-state index contributed by atoms with van der Waals surface area (Å²) in [6, 6.07) is 10.3. The number of hydrogen-bond donors (Lipinski definition) is 0. The first kappa shape index (κ1) is 24.4. The molecule has 0 saturated carbocycles. The van der Waals surface area contributed by atoms with E-state index in [2.05, 4.69) is 54.9 Å². The number of rotatable bonds is 15. The van der Waals surface area contributed by atoms with E-state index in [-0.39, 0.29) is 0 Å². The molecule has 0 heterocycles. The number of unbranched alkanes of at least 4 members (excludes halogenated alkanes) is 15. The minimum atomic E-state index is 1.04. The lowest BCUT2D eigenvalue weighted by atomic mass is 10.1. The molecule has 0 atom stereocenters. The maximum Gasteiger partial charge on any atom is 0.0245 e. The van der Waals surface area contributed by atoms with Gasteiger partial charge in [-0.25, -0.2) is 0 Å². The molecule has 0 heteroatoms. The third kappa shape index (κ3) is 16.5. The monoisotopic (exact) mass is 378 g/mol. The van der Waals surface area contributed by atoms with Crippen molar-refractivity contribution in [3.05, 3.63) is 35.9 Å². The van der Waals surface area contributed by atoms with Crippen LogP contribution in [-0.4, -0.2) is 0 Å². The highest BCUT2D eigenvalue weighted by atomic mass is 14.0. The predicted molar refractivity (Wildman–Crippen MR) is 125 cm³/mol. The molecule has 1 aromatic carbocycles. The van der Waals surface area contributed by atoms with Gasteiger partial charge in [0.2, 0.25) is 0 Å². The second kappa shape index (κ2) is 20.1. The second-order valence-corrected chi connectivity index (χ2v) is 7.87. The van der Waals surface area contributed by atoms with Crippen LogP contribution in [0.4, 0.5) is 0 Å². The summed E-state index contributed by atoms with van der Waals surface area (Å²) in [4.78, 5) is 0. The van der Waals surface area contributed by atoms with E-state index in [4.69, 9.17) is 0 Å². The molecule has 0 amide bonds. The smallest absolute Gasteiger partial charge is 0.0245 e. The molecule has 0 N–H and O–H groups in total. The first-order valence-electron chi connectivity index (χ1n) is 11.9. The van der Waals surface area contributed by atoms with Gasteiger partial charge in [-0.15, -0.1) is 11.8 Å². The molecular formula is C28H42. The summed E-state index contributed by atoms with van der Waals surface area (Å²) < 4.78 is 0. The summed E-state index contributed by atoms with van der Waals surface area (Å²) in [6.07, 6.45) is 22.2. The van der Waals surface area contributed by atoms with Crippen LogP contribution in [0.3, 0.4) is 0 Å². The average molecular weight is 379 g/mol. The van der Waals surface area contributed by atoms with Gasteiger partial charge in [-0.2, -0.15) is 0 Å². The molecule has 0 radical (unpaired) electrons. The zero-order valence-corrected chi connectivity index (χ0v) is 18.4. The van der Waals surface area contributed by atoms with Gasteiger partial charge in [0.15, 0.2) is 0 Å². The summed E-state index contributed by atoms with van der Waals surface area (Å²) in [7, 11) is 0. The van der Waals surface area contributed by atoms with Gasteiger partial charge in [0, 0.05) is 24.8 Å². The van der Waals surface area contributed by atoms with Gasteiger partial charge in [-0.3, -0.25) is 0 Å². The molecule has 0 nitrogen and oxygen atoms in total. The normalized spacial score (nSPS) is 10.0. The topological polar surface area (TPSA) is 0 Å². The average Bonchev–Trinajstić information content (AvgIpc) is 2.73. The lowest BCUT2D eigenvalue weighted by molar-refractivity contribution is 0.555. The fourth-order valence-corrected chi connectivity index (χ4v) is 3.34. The van der Waals surface area contributed by atoms with Crippen LogP contribution in [0.2, 0.25) is 0 Å².